The molecule has 4 heteroatoms. The van der Waals surface area contributed by atoms with Crippen molar-refractivity contribution >= 4 is 21.8 Å². The topological polar surface area (TPSA) is 42.2 Å². The number of amides is 1. The second kappa shape index (κ2) is 5.25. The van der Waals surface area contributed by atoms with E-state index in [1.807, 2.05) is 13.0 Å². The van der Waals surface area contributed by atoms with Crippen LogP contribution in [-0.2, 0) is 0 Å². The fourth-order valence-corrected chi connectivity index (χ4v) is 3.20. The van der Waals surface area contributed by atoms with Gasteiger partial charge in [-0.05, 0) is 31.2 Å². The third-order valence-electron chi connectivity index (χ3n) is 3.64. The maximum absolute atomic E-state index is 11.9. The van der Waals surface area contributed by atoms with Crippen molar-refractivity contribution in [1.29, 1.82) is 0 Å². The van der Waals surface area contributed by atoms with Gasteiger partial charge in [-0.2, -0.15) is 0 Å². The predicted molar refractivity (Wildman–Crippen MR) is 70.5 cm³/mol. The molecular formula is C13H18BrNO2. The lowest BCUT2D eigenvalue weighted by molar-refractivity contribution is 0.0907. The zero-order valence-corrected chi connectivity index (χ0v) is 11.7. The van der Waals surface area contributed by atoms with E-state index in [1.165, 1.54) is 25.7 Å². The molecule has 1 aliphatic carbocycles. The number of carbonyl (C=O) groups excluding carboxylic acids is 1. The predicted octanol–water partition coefficient (Wildman–Crippen LogP) is 3.27. The van der Waals surface area contributed by atoms with Crippen molar-refractivity contribution in [2.45, 2.75) is 32.6 Å². The normalized spacial score (nSPS) is 18.2. The maximum atomic E-state index is 11.9. The first-order valence-electron chi connectivity index (χ1n) is 6.05. The minimum atomic E-state index is -0.0975. The van der Waals surface area contributed by atoms with Crippen molar-refractivity contribution < 1.29 is 9.21 Å². The first kappa shape index (κ1) is 12.7. The standard InChI is InChI=1S/C13H18BrNO2/c1-10-4-7-17-11(10)12(16)15-9-13(8-14)5-2-3-6-13/h4,7H,2-3,5-6,8-9H2,1H3,(H,15,16). The van der Waals surface area contributed by atoms with Crippen LogP contribution in [0.1, 0.15) is 41.8 Å². The first-order valence-corrected chi connectivity index (χ1v) is 7.17. The summed E-state index contributed by atoms with van der Waals surface area (Å²) in [6, 6.07) is 1.81. The molecule has 17 heavy (non-hydrogen) atoms. The average Bonchev–Trinajstić information content (AvgIpc) is 2.95. The minimum absolute atomic E-state index is 0.0975. The highest BCUT2D eigenvalue weighted by atomic mass is 79.9. The van der Waals surface area contributed by atoms with Gasteiger partial charge < -0.3 is 9.73 Å². The van der Waals surface area contributed by atoms with E-state index in [2.05, 4.69) is 21.2 Å². The van der Waals surface area contributed by atoms with Gasteiger partial charge in [-0.3, -0.25) is 4.79 Å². The van der Waals surface area contributed by atoms with Gasteiger partial charge in [-0.15, -0.1) is 0 Å². The lowest BCUT2D eigenvalue weighted by Crippen LogP contribution is -2.37. The number of halogens is 1. The highest BCUT2D eigenvalue weighted by Crippen LogP contribution is 2.38. The maximum Gasteiger partial charge on any atom is 0.287 e. The van der Waals surface area contributed by atoms with E-state index in [1.54, 1.807) is 6.26 Å². The van der Waals surface area contributed by atoms with Crippen LogP contribution in [0.25, 0.3) is 0 Å². The molecule has 1 aromatic rings. The molecule has 0 unspecified atom stereocenters. The summed E-state index contributed by atoms with van der Waals surface area (Å²) in [4.78, 5) is 11.9. The number of aryl methyl sites for hydroxylation is 1. The Morgan fingerprint density at radius 2 is 2.24 bits per heavy atom. The summed E-state index contributed by atoms with van der Waals surface area (Å²) in [6.07, 6.45) is 6.47. The van der Waals surface area contributed by atoms with Gasteiger partial charge in [-0.1, -0.05) is 28.8 Å². The van der Waals surface area contributed by atoms with Gasteiger partial charge in [0.25, 0.3) is 5.91 Å². The van der Waals surface area contributed by atoms with Gasteiger partial charge in [0.05, 0.1) is 6.26 Å². The molecule has 1 N–H and O–H groups in total. The molecule has 0 atom stereocenters. The number of furan rings is 1. The molecule has 0 radical (unpaired) electrons. The Balaban J connectivity index is 1.94. The summed E-state index contributed by atoms with van der Waals surface area (Å²) in [5, 5.41) is 3.95. The largest absolute Gasteiger partial charge is 0.459 e. The van der Waals surface area contributed by atoms with Crippen molar-refractivity contribution in [3.8, 4) is 0 Å². The Bertz CT molecular complexity index is 394. The van der Waals surface area contributed by atoms with Crippen molar-refractivity contribution in [3.63, 3.8) is 0 Å². The van der Waals surface area contributed by atoms with Crippen molar-refractivity contribution in [2.24, 2.45) is 5.41 Å². The molecule has 0 spiro atoms. The lowest BCUT2D eigenvalue weighted by Gasteiger charge is -2.26. The number of nitrogens with one attached hydrogen (secondary N) is 1. The van der Waals surface area contributed by atoms with Crippen LogP contribution in [0.5, 0.6) is 0 Å². The Kier molecular flexibility index (Phi) is 3.92. The van der Waals surface area contributed by atoms with Crippen LogP contribution in [-0.4, -0.2) is 17.8 Å². The first-order chi connectivity index (χ1) is 8.17. The van der Waals surface area contributed by atoms with Crippen LogP contribution >= 0.6 is 15.9 Å². The molecule has 1 aliphatic rings. The third kappa shape index (κ3) is 2.73. The molecule has 1 fully saturated rings. The SMILES string of the molecule is Cc1ccoc1C(=O)NCC1(CBr)CCCC1. The number of rotatable bonds is 4. The molecular weight excluding hydrogens is 282 g/mol. The van der Waals surface area contributed by atoms with E-state index >= 15 is 0 Å². The van der Waals surface area contributed by atoms with Crippen LogP contribution in [0.3, 0.4) is 0 Å². The van der Waals surface area contributed by atoms with Gasteiger partial charge in [0.2, 0.25) is 0 Å². The van der Waals surface area contributed by atoms with E-state index in [4.69, 9.17) is 4.42 Å². The summed E-state index contributed by atoms with van der Waals surface area (Å²) >= 11 is 3.57. The van der Waals surface area contributed by atoms with Crippen molar-refractivity contribution in [2.75, 3.05) is 11.9 Å². The van der Waals surface area contributed by atoms with Crippen LogP contribution < -0.4 is 5.32 Å². The minimum Gasteiger partial charge on any atom is -0.459 e. The van der Waals surface area contributed by atoms with Gasteiger partial charge in [0.1, 0.15) is 0 Å². The van der Waals surface area contributed by atoms with Crippen LogP contribution in [0.2, 0.25) is 0 Å². The smallest absolute Gasteiger partial charge is 0.287 e. The Hall–Kier alpha value is -0.770. The number of hydrogen-bond donors (Lipinski definition) is 1. The lowest BCUT2D eigenvalue weighted by atomic mass is 9.89. The Morgan fingerprint density at radius 3 is 2.76 bits per heavy atom. The number of carbonyl (C=O) groups is 1. The second-order valence-corrected chi connectivity index (χ2v) is 5.52. The molecule has 0 saturated heterocycles. The highest BCUT2D eigenvalue weighted by Gasteiger charge is 2.33. The zero-order valence-electron chi connectivity index (χ0n) is 10.1. The summed E-state index contributed by atoms with van der Waals surface area (Å²) in [5.74, 6) is 0.340. The molecule has 94 valence electrons. The molecule has 1 heterocycles. The van der Waals surface area contributed by atoms with Gasteiger partial charge in [0.15, 0.2) is 5.76 Å². The van der Waals surface area contributed by atoms with E-state index in [0.717, 1.165) is 17.4 Å². The highest BCUT2D eigenvalue weighted by molar-refractivity contribution is 9.09. The molecule has 1 amide bonds. The monoisotopic (exact) mass is 299 g/mol. The molecule has 0 aliphatic heterocycles. The molecule has 0 aromatic carbocycles. The second-order valence-electron chi connectivity index (χ2n) is 4.96. The van der Waals surface area contributed by atoms with Crippen molar-refractivity contribution in [3.05, 3.63) is 23.7 Å². The van der Waals surface area contributed by atoms with Gasteiger partial charge in [0, 0.05) is 17.4 Å². The van der Waals surface area contributed by atoms with Crippen molar-refractivity contribution in [1.82, 2.24) is 5.32 Å². The summed E-state index contributed by atoms with van der Waals surface area (Å²) in [7, 11) is 0. The fraction of sp³-hybridized carbons (Fsp3) is 0.615. The fourth-order valence-electron chi connectivity index (χ4n) is 2.44. The summed E-state index contributed by atoms with van der Waals surface area (Å²) < 4.78 is 5.18. The van der Waals surface area contributed by atoms with E-state index in [9.17, 15) is 4.79 Å². The van der Waals surface area contributed by atoms with Gasteiger partial charge >= 0.3 is 0 Å². The van der Waals surface area contributed by atoms with Crippen LogP contribution in [0.4, 0.5) is 0 Å². The Morgan fingerprint density at radius 1 is 1.53 bits per heavy atom. The molecule has 1 aromatic heterocycles. The molecule has 2 rings (SSSR count). The third-order valence-corrected chi connectivity index (χ3v) is 4.83. The molecule has 1 saturated carbocycles. The van der Waals surface area contributed by atoms with Crippen LogP contribution in [0.15, 0.2) is 16.7 Å². The van der Waals surface area contributed by atoms with E-state index < -0.39 is 0 Å². The molecule has 3 nitrogen and oxygen atoms in total. The van der Waals surface area contributed by atoms with Gasteiger partial charge in [-0.25, -0.2) is 0 Å². The van der Waals surface area contributed by atoms with E-state index in [-0.39, 0.29) is 11.3 Å². The van der Waals surface area contributed by atoms with E-state index in [0.29, 0.717) is 5.76 Å². The zero-order chi connectivity index (χ0) is 12.3. The Labute approximate surface area is 110 Å². The average molecular weight is 300 g/mol. The van der Waals surface area contributed by atoms with Crippen LogP contribution in [0, 0.1) is 12.3 Å². The molecule has 0 bridgehead atoms. The number of hydrogen-bond acceptors (Lipinski definition) is 2. The summed E-state index contributed by atoms with van der Waals surface area (Å²) in [5.41, 5.74) is 1.14. The summed E-state index contributed by atoms with van der Waals surface area (Å²) in [6.45, 7) is 2.62. The number of alkyl halides is 1. The quantitative estimate of drug-likeness (QED) is 0.867.